The van der Waals surface area contributed by atoms with Crippen LogP contribution >= 0.6 is 0 Å². The van der Waals surface area contributed by atoms with Gasteiger partial charge in [-0.3, -0.25) is 14.9 Å². The minimum Gasteiger partial charge on any atom is -0.506 e. The molecule has 0 aromatic heterocycles. The van der Waals surface area contributed by atoms with Crippen LogP contribution in [0.2, 0.25) is 0 Å². The van der Waals surface area contributed by atoms with Crippen LogP contribution in [-0.2, 0) is 4.79 Å². The molecule has 0 aliphatic rings. The first-order valence-corrected chi connectivity index (χ1v) is 5.91. The van der Waals surface area contributed by atoms with Gasteiger partial charge in [-0.05, 0) is 18.9 Å². The van der Waals surface area contributed by atoms with E-state index < -0.39 is 16.4 Å². The zero-order valence-electron chi connectivity index (χ0n) is 10.8. The number of phenolic OH excluding ortho intramolecular Hbond substituents is 1. The van der Waals surface area contributed by atoms with E-state index in [1.54, 1.807) is 13.8 Å². The van der Waals surface area contributed by atoms with Gasteiger partial charge in [0.15, 0.2) is 0 Å². The maximum atomic E-state index is 12.0. The number of rotatable bonds is 5. The molecule has 1 amide bonds. The molecule has 0 saturated heterocycles. The van der Waals surface area contributed by atoms with E-state index in [4.69, 9.17) is 5.73 Å². The summed E-state index contributed by atoms with van der Waals surface area (Å²) in [4.78, 5) is 22.1. The summed E-state index contributed by atoms with van der Waals surface area (Å²) in [6, 6.07) is 3.41. The third-order valence-electron chi connectivity index (χ3n) is 3.15. The predicted molar refractivity (Wildman–Crippen MR) is 70.9 cm³/mol. The number of nitro groups is 1. The average molecular weight is 267 g/mol. The molecule has 0 unspecified atom stereocenters. The molecular weight excluding hydrogens is 250 g/mol. The molecule has 0 aliphatic heterocycles. The molecule has 1 aromatic rings. The maximum absolute atomic E-state index is 12.0. The molecule has 0 spiro atoms. The largest absolute Gasteiger partial charge is 0.506 e. The fourth-order valence-electron chi connectivity index (χ4n) is 1.56. The zero-order chi connectivity index (χ0) is 14.6. The fraction of sp³-hybridized carbons (Fsp3) is 0.417. The number of nitro benzene ring substituents is 1. The van der Waals surface area contributed by atoms with Crippen LogP contribution in [0.4, 0.5) is 11.4 Å². The Labute approximate surface area is 110 Å². The number of carbonyl (C=O) groups excluding carboxylic acids is 1. The summed E-state index contributed by atoms with van der Waals surface area (Å²) in [6.45, 7) is 3.55. The molecule has 0 fully saturated rings. The molecule has 0 saturated carbocycles. The molecular formula is C12H17N3O4. The molecule has 1 rings (SSSR count). The van der Waals surface area contributed by atoms with Gasteiger partial charge < -0.3 is 16.2 Å². The highest BCUT2D eigenvalue weighted by Gasteiger charge is 2.30. The Bertz CT molecular complexity index is 498. The minimum atomic E-state index is -1.06. The Morgan fingerprint density at radius 2 is 2.05 bits per heavy atom. The molecule has 0 bridgehead atoms. The van der Waals surface area contributed by atoms with E-state index in [-0.39, 0.29) is 17.1 Å². The number of aromatic hydroxyl groups is 1. The maximum Gasteiger partial charge on any atom is 0.271 e. The zero-order valence-corrected chi connectivity index (χ0v) is 10.8. The number of non-ortho nitro benzene ring substituents is 1. The SMILES string of the molecule is CCC(N)(CC)C(=O)Nc1cc([N+](=O)[O-])ccc1O. The number of phenols is 1. The summed E-state index contributed by atoms with van der Waals surface area (Å²) in [5.74, 6) is -0.721. The second-order valence-electron chi connectivity index (χ2n) is 4.28. The van der Waals surface area contributed by atoms with Crippen LogP contribution in [-0.4, -0.2) is 21.5 Å². The Hall–Kier alpha value is -2.15. The van der Waals surface area contributed by atoms with Crippen molar-refractivity contribution in [1.82, 2.24) is 0 Å². The Kier molecular flexibility index (Phi) is 4.44. The highest BCUT2D eigenvalue weighted by atomic mass is 16.6. The van der Waals surface area contributed by atoms with Crippen LogP contribution in [0, 0.1) is 10.1 Å². The van der Waals surface area contributed by atoms with Crippen molar-refractivity contribution in [1.29, 1.82) is 0 Å². The number of hydrogen-bond donors (Lipinski definition) is 3. The second kappa shape index (κ2) is 5.66. The predicted octanol–water partition coefficient (Wildman–Crippen LogP) is 1.76. The minimum absolute atomic E-state index is 0.0177. The summed E-state index contributed by atoms with van der Waals surface area (Å²) in [6.07, 6.45) is 0.843. The van der Waals surface area contributed by atoms with E-state index in [2.05, 4.69) is 5.32 Å². The highest BCUT2D eigenvalue weighted by molar-refractivity contribution is 5.99. The molecule has 19 heavy (non-hydrogen) atoms. The summed E-state index contributed by atoms with van der Waals surface area (Å²) in [5.41, 5.74) is 4.61. The smallest absolute Gasteiger partial charge is 0.271 e. The van der Waals surface area contributed by atoms with Crippen molar-refractivity contribution in [3.8, 4) is 5.75 Å². The first-order chi connectivity index (χ1) is 8.84. The van der Waals surface area contributed by atoms with E-state index in [1.807, 2.05) is 0 Å². The number of amides is 1. The van der Waals surface area contributed by atoms with Crippen LogP contribution in [0.15, 0.2) is 18.2 Å². The van der Waals surface area contributed by atoms with Crippen LogP contribution in [0.3, 0.4) is 0 Å². The van der Waals surface area contributed by atoms with Crippen molar-refractivity contribution in [3.63, 3.8) is 0 Å². The highest BCUT2D eigenvalue weighted by Crippen LogP contribution is 2.28. The van der Waals surface area contributed by atoms with E-state index in [1.165, 1.54) is 0 Å². The number of carbonyl (C=O) groups is 1. The van der Waals surface area contributed by atoms with Crippen LogP contribution in [0.1, 0.15) is 26.7 Å². The van der Waals surface area contributed by atoms with Gasteiger partial charge in [0.05, 0.1) is 16.1 Å². The van der Waals surface area contributed by atoms with Gasteiger partial charge in [-0.1, -0.05) is 13.8 Å². The number of anilines is 1. The Morgan fingerprint density at radius 3 is 2.53 bits per heavy atom. The van der Waals surface area contributed by atoms with Crippen molar-refractivity contribution < 1.29 is 14.8 Å². The van der Waals surface area contributed by atoms with Gasteiger partial charge in [-0.2, -0.15) is 0 Å². The molecule has 4 N–H and O–H groups in total. The van der Waals surface area contributed by atoms with Crippen molar-refractivity contribution >= 4 is 17.3 Å². The molecule has 0 aliphatic carbocycles. The Morgan fingerprint density at radius 1 is 1.47 bits per heavy atom. The molecule has 0 atom stereocenters. The molecule has 1 aromatic carbocycles. The lowest BCUT2D eigenvalue weighted by Crippen LogP contribution is -2.50. The van der Waals surface area contributed by atoms with Crippen LogP contribution in [0.5, 0.6) is 5.75 Å². The van der Waals surface area contributed by atoms with Gasteiger partial charge in [-0.25, -0.2) is 0 Å². The van der Waals surface area contributed by atoms with Gasteiger partial charge >= 0.3 is 0 Å². The Balaban J connectivity index is 3.02. The van der Waals surface area contributed by atoms with E-state index in [0.29, 0.717) is 12.8 Å². The van der Waals surface area contributed by atoms with Gasteiger partial charge in [0, 0.05) is 12.1 Å². The average Bonchev–Trinajstić information content (AvgIpc) is 2.39. The summed E-state index contributed by atoms with van der Waals surface area (Å²) >= 11 is 0. The fourth-order valence-corrected chi connectivity index (χ4v) is 1.56. The third kappa shape index (κ3) is 3.19. The second-order valence-corrected chi connectivity index (χ2v) is 4.28. The number of nitrogens with two attached hydrogens (primary N) is 1. The molecule has 7 nitrogen and oxygen atoms in total. The number of nitrogens with zero attached hydrogens (tertiary/aromatic N) is 1. The normalized spacial score (nSPS) is 11.1. The first-order valence-electron chi connectivity index (χ1n) is 5.91. The van der Waals surface area contributed by atoms with Crippen LogP contribution in [0.25, 0.3) is 0 Å². The number of benzene rings is 1. The quantitative estimate of drug-likeness (QED) is 0.426. The third-order valence-corrected chi connectivity index (χ3v) is 3.15. The lowest BCUT2D eigenvalue weighted by Gasteiger charge is -2.25. The van der Waals surface area contributed by atoms with Gasteiger partial charge in [0.2, 0.25) is 5.91 Å². The first kappa shape index (κ1) is 14.9. The standard InChI is InChI=1S/C12H17N3O4/c1-3-12(13,4-2)11(17)14-9-7-8(15(18)19)5-6-10(9)16/h5-7,16H,3-4,13H2,1-2H3,(H,14,17). The molecule has 0 heterocycles. The van der Waals surface area contributed by atoms with Crippen molar-refractivity contribution in [2.24, 2.45) is 5.73 Å². The topological polar surface area (TPSA) is 118 Å². The van der Waals surface area contributed by atoms with E-state index in [0.717, 1.165) is 18.2 Å². The van der Waals surface area contributed by atoms with Gasteiger partial charge in [-0.15, -0.1) is 0 Å². The lowest BCUT2D eigenvalue weighted by atomic mass is 9.93. The van der Waals surface area contributed by atoms with E-state index >= 15 is 0 Å². The summed E-state index contributed by atoms with van der Waals surface area (Å²) in [7, 11) is 0. The van der Waals surface area contributed by atoms with Gasteiger partial charge in [0.1, 0.15) is 5.75 Å². The van der Waals surface area contributed by atoms with Crippen molar-refractivity contribution in [2.45, 2.75) is 32.2 Å². The molecule has 7 heteroatoms. The van der Waals surface area contributed by atoms with E-state index in [9.17, 15) is 20.0 Å². The number of hydrogen-bond acceptors (Lipinski definition) is 5. The van der Waals surface area contributed by atoms with Crippen LogP contribution < -0.4 is 11.1 Å². The number of nitrogens with one attached hydrogen (secondary N) is 1. The monoisotopic (exact) mass is 267 g/mol. The van der Waals surface area contributed by atoms with Gasteiger partial charge in [0.25, 0.3) is 5.69 Å². The molecule has 0 radical (unpaired) electrons. The summed E-state index contributed by atoms with van der Waals surface area (Å²) < 4.78 is 0. The lowest BCUT2D eigenvalue weighted by molar-refractivity contribution is -0.384. The molecule has 104 valence electrons. The summed E-state index contributed by atoms with van der Waals surface area (Å²) in [5, 5.41) is 22.7. The van der Waals surface area contributed by atoms with Crippen molar-refractivity contribution in [3.05, 3.63) is 28.3 Å². The van der Waals surface area contributed by atoms with Crippen molar-refractivity contribution in [2.75, 3.05) is 5.32 Å².